The van der Waals surface area contributed by atoms with Gasteiger partial charge < -0.3 is 10.1 Å². The molecule has 0 aliphatic heterocycles. The summed E-state index contributed by atoms with van der Waals surface area (Å²) < 4.78 is 30.9. The van der Waals surface area contributed by atoms with E-state index in [1.54, 1.807) is 20.8 Å². The van der Waals surface area contributed by atoms with E-state index in [-0.39, 0.29) is 10.1 Å². The number of carbonyl (C=O) groups excluding carboxylic acids is 1. The van der Waals surface area contributed by atoms with Gasteiger partial charge in [-0.2, -0.15) is 0 Å². The van der Waals surface area contributed by atoms with Gasteiger partial charge in [-0.15, -0.1) is 11.3 Å². The third-order valence-electron chi connectivity index (χ3n) is 3.30. The molecule has 0 aliphatic carbocycles. The first-order chi connectivity index (χ1) is 11.7. The third kappa shape index (κ3) is 6.28. The summed E-state index contributed by atoms with van der Waals surface area (Å²) in [6.45, 7) is 5.88. The Morgan fingerprint density at radius 2 is 1.92 bits per heavy atom. The van der Waals surface area contributed by atoms with Crippen LogP contribution >= 0.6 is 11.3 Å². The zero-order valence-corrected chi connectivity index (χ0v) is 16.4. The van der Waals surface area contributed by atoms with Gasteiger partial charge in [-0.05, 0) is 45.7 Å². The summed E-state index contributed by atoms with van der Waals surface area (Å²) in [6, 6.07) is 7.40. The van der Waals surface area contributed by atoms with Crippen molar-refractivity contribution in [3.63, 3.8) is 0 Å². The molecule has 138 valence electrons. The van der Waals surface area contributed by atoms with Crippen molar-refractivity contribution in [2.45, 2.75) is 50.0 Å². The lowest BCUT2D eigenvalue weighted by Crippen LogP contribution is -2.33. The second-order valence-corrected chi connectivity index (χ2v) is 10.1. The number of aromatic nitrogens is 1. The van der Waals surface area contributed by atoms with Crippen molar-refractivity contribution in [1.82, 2.24) is 10.3 Å². The number of nitrogens with zero attached hydrogens (tertiary/aromatic N) is 1. The first-order valence-electron chi connectivity index (χ1n) is 8.22. The van der Waals surface area contributed by atoms with E-state index < -0.39 is 21.5 Å². The van der Waals surface area contributed by atoms with Gasteiger partial charge in [0.25, 0.3) is 0 Å². The zero-order chi connectivity index (χ0) is 18.5. The molecule has 0 fully saturated rings. The minimum absolute atomic E-state index is 0.0687. The molecule has 0 saturated heterocycles. The molecule has 1 aromatic heterocycles. The van der Waals surface area contributed by atoms with Gasteiger partial charge in [0, 0.05) is 6.54 Å². The molecule has 6 nitrogen and oxygen atoms in total. The van der Waals surface area contributed by atoms with Crippen LogP contribution in [0.4, 0.5) is 4.79 Å². The largest absolute Gasteiger partial charge is 0.444 e. The fraction of sp³-hybridized carbons (Fsp3) is 0.529. The molecule has 1 amide bonds. The smallest absolute Gasteiger partial charge is 0.407 e. The van der Waals surface area contributed by atoms with Crippen LogP contribution in [0.2, 0.25) is 0 Å². The summed E-state index contributed by atoms with van der Waals surface area (Å²) in [5.74, 6) is 0.0687. The minimum atomic E-state index is -3.35. The van der Waals surface area contributed by atoms with E-state index in [2.05, 4.69) is 10.3 Å². The number of unbranched alkanes of at least 4 members (excludes halogenated alkanes) is 2. The Kier molecular flexibility index (Phi) is 6.40. The second kappa shape index (κ2) is 8.14. The van der Waals surface area contributed by atoms with Crippen LogP contribution in [0.15, 0.2) is 28.6 Å². The van der Waals surface area contributed by atoms with Crippen molar-refractivity contribution >= 4 is 37.5 Å². The van der Waals surface area contributed by atoms with Crippen LogP contribution in [-0.4, -0.2) is 37.4 Å². The fourth-order valence-electron chi connectivity index (χ4n) is 2.17. The van der Waals surface area contributed by atoms with E-state index in [9.17, 15) is 13.2 Å². The molecule has 1 heterocycles. The summed E-state index contributed by atoms with van der Waals surface area (Å²) >= 11 is 1.21. The zero-order valence-electron chi connectivity index (χ0n) is 14.7. The van der Waals surface area contributed by atoms with Crippen LogP contribution in [0.3, 0.4) is 0 Å². The Morgan fingerprint density at radius 3 is 2.60 bits per heavy atom. The summed E-state index contributed by atoms with van der Waals surface area (Å²) in [6.07, 6.45) is 1.50. The van der Waals surface area contributed by atoms with Crippen LogP contribution in [0.25, 0.3) is 10.2 Å². The van der Waals surface area contributed by atoms with E-state index in [4.69, 9.17) is 4.74 Å². The van der Waals surface area contributed by atoms with Crippen LogP contribution in [0.5, 0.6) is 0 Å². The van der Waals surface area contributed by atoms with Crippen molar-refractivity contribution in [3.05, 3.63) is 24.3 Å². The van der Waals surface area contributed by atoms with Gasteiger partial charge >= 0.3 is 6.09 Å². The monoisotopic (exact) mass is 384 g/mol. The summed E-state index contributed by atoms with van der Waals surface area (Å²) in [7, 11) is -3.35. The van der Waals surface area contributed by atoms with Crippen molar-refractivity contribution in [2.75, 3.05) is 12.3 Å². The number of alkyl carbamates (subject to hydrolysis) is 1. The maximum Gasteiger partial charge on any atom is 0.407 e. The molecule has 0 bridgehead atoms. The average molecular weight is 385 g/mol. The minimum Gasteiger partial charge on any atom is -0.444 e. The molecule has 0 saturated carbocycles. The Morgan fingerprint density at radius 1 is 1.20 bits per heavy atom. The first kappa shape index (κ1) is 19.7. The number of hydrogen-bond donors (Lipinski definition) is 1. The number of nitrogens with one attached hydrogen (secondary N) is 1. The predicted molar refractivity (Wildman–Crippen MR) is 99.8 cm³/mol. The topological polar surface area (TPSA) is 85.4 Å². The number of fused-ring (bicyclic) bond motifs is 1. The highest BCUT2D eigenvalue weighted by molar-refractivity contribution is 7.93. The number of para-hydroxylation sites is 1. The van der Waals surface area contributed by atoms with Crippen LogP contribution < -0.4 is 5.32 Å². The highest BCUT2D eigenvalue weighted by Crippen LogP contribution is 2.26. The molecule has 0 unspecified atom stereocenters. The molecule has 2 rings (SSSR count). The van der Waals surface area contributed by atoms with E-state index >= 15 is 0 Å². The Balaban J connectivity index is 1.73. The SMILES string of the molecule is CC(C)(C)OC(=O)NCCCCCS(=O)(=O)c1nc2ccccc2s1. The Bertz CT molecular complexity index is 790. The predicted octanol–water partition coefficient (Wildman–Crippen LogP) is 3.77. The van der Waals surface area contributed by atoms with Gasteiger partial charge in [0.2, 0.25) is 14.2 Å². The Hall–Kier alpha value is -1.67. The van der Waals surface area contributed by atoms with E-state index in [1.165, 1.54) is 11.3 Å². The molecule has 2 aromatic rings. The van der Waals surface area contributed by atoms with Gasteiger partial charge in [0.05, 0.1) is 16.0 Å². The molecule has 1 aromatic carbocycles. The molecule has 25 heavy (non-hydrogen) atoms. The number of sulfone groups is 1. The quantitative estimate of drug-likeness (QED) is 0.735. The molecular weight excluding hydrogens is 360 g/mol. The molecule has 1 N–H and O–H groups in total. The Labute approximate surface area is 152 Å². The summed E-state index contributed by atoms with van der Waals surface area (Å²) in [4.78, 5) is 15.7. The van der Waals surface area contributed by atoms with Crippen molar-refractivity contribution in [2.24, 2.45) is 0 Å². The van der Waals surface area contributed by atoms with E-state index in [0.717, 1.165) is 4.70 Å². The van der Waals surface area contributed by atoms with Crippen molar-refractivity contribution in [3.8, 4) is 0 Å². The van der Waals surface area contributed by atoms with Crippen molar-refractivity contribution in [1.29, 1.82) is 0 Å². The lowest BCUT2D eigenvalue weighted by atomic mass is 10.2. The number of benzene rings is 1. The van der Waals surface area contributed by atoms with Gasteiger partial charge in [-0.1, -0.05) is 18.6 Å². The lowest BCUT2D eigenvalue weighted by molar-refractivity contribution is 0.0527. The molecule has 0 spiro atoms. The second-order valence-electron chi connectivity index (χ2n) is 6.76. The van der Waals surface area contributed by atoms with Crippen molar-refractivity contribution < 1.29 is 17.9 Å². The number of rotatable bonds is 7. The maximum atomic E-state index is 12.4. The number of amides is 1. The third-order valence-corrected chi connectivity index (χ3v) is 6.59. The van der Waals surface area contributed by atoms with Crippen LogP contribution in [-0.2, 0) is 14.6 Å². The highest BCUT2D eigenvalue weighted by Gasteiger charge is 2.19. The normalized spacial score (nSPS) is 12.3. The average Bonchev–Trinajstić information content (AvgIpc) is 2.94. The van der Waals surface area contributed by atoms with Crippen LogP contribution in [0.1, 0.15) is 40.0 Å². The number of carbonyl (C=O) groups is 1. The van der Waals surface area contributed by atoms with E-state index in [1.807, 2.05) is 24.3 Å². The van der Waals surface area contributed by atoms with Gasteiger partial charge in [0.15, 0.2) is 0 Å². The number of ether oxygens (including phenoxy) is 1. The van der Waals surface area contributed by atoms with Gasteiger partial charge in [-0.25, -0.2) is 18.2 Å². The fourth-order valence-corrected chi connectivity index (χ4v) is 4.89. The first-order valence-corrected chi connectivity index (χ1v) is 10.7. The van der Waals surface area contributed by atoms with Crippen LogP contribution in [0, 0.1) is 0 Å². The lowest BCUT2D eigenvalue weighted by Gasteiger charge is -2.19. The van der Waals surface area contributed by atoms with Gasteiger partial charge in [-0.3, -0.25) is 0 Å². The van der Waals surface area contributed by atoms with E-state index in [0.29, 0.717) is 31.3 Å². The molecule has 0 radical (unpaired) electrons. The van der Waals surface area contributed by atoms with Gasteiger partial charge in [0.1, 0.15) is 5.60 Å². The number of hydrogen-bond acceptors (Lipinski definition) is 6. The molecule has 0 atom stereocenters. The summed E-state index contributed by atoms with van der Waals surface area (Å²) in [5, 5.41) is 2.67. The molecule has 8 heteroatoms. The highest BCUT2D eigenvalue weighted by atomic mass is 32.2. The summed E-state index contributed by atoms with van der Waals surface area (Å²) in [5.41, 5.74) is 0.197. The molecule has 0 aliphatic rings. The molecular formula is C17H24N2O4S2. The maximum absolute atomic E-state index is 12.4. The number of thiazole rings is 1. The standard InChI is InChI=1S/C17H24N2O4S2/c1-17(2,3)23-15(20)18-11-7-4-8-12-25(21,22)16-19-13-9-5-6-10-14(13)24-16/h5-6,9-10H,4,7-8,11-12H2,1-3H3,(H,18,20).